The first-order chi connectivity index (χ1) is 17.7. The summed E-state index contributed by atoms with van der Waals surface area (Å²) >= 11 is 3.34. The normalized spacial score (nSPS) is 10.2. The van der Waals surface area contributed by atoms with Crippen molar-refractivity contribution in [3.63, 3.8) is 0 Å². The van der Waals surface area contributed by atoms with Gasteiger partial charge in [0.1, 0.15) is 11.5 Å². The number of pyridine rings is 3. The van der Waals surface area contributed by atoms with E-state index in [-0.39, 0.29) is 5.75 Å². The minimum atomic E-state index is 0.270. The van der Waals surface area contributed by atoms with Gasteiger partial charge in [-0.2, -0.15) is 0 Å². The van der Waals surface area contributed by atoms with Crippen molar-refractivity contribution in [2.45, 2.75) is 0 Å². The van der Waals surface area contributed by atoms with Crippen LogP contribution in [0.25, 0.3) is 32.5 Å². The maximum Gasteiger partial charge on any atom is 0.298 e. The summed E-state index contributed by atoms with van der Waals surface area (Å²) in [4.78, 5) is 38.4. The molecular weight excluding hydrogens is 494 g/mol. The summed E-state index contributed by atoms with van der Waals surface area (Å²) in [6, 6.07) is 18.1. The highest BCUT2D eigenvalue weighted by Gasteiger charge is 2.12. The van der Waals surface area contributed by atoms with Crippen LogP contribution in [0.2, 0.25) is 0 Å². The third kappa shape index (κ3) is 5.36. The van der Waals surface area contributed by atoms with Gasteiger partial charge in [0, 0.05) is 45.9 Å². The van der Waals surface area contributed by atoms with Gasteiger partial charge in [-0.15, -0.1) is 22.7 Å². The molecule has 0 unspecified atom stereocenters. The van der Waals surface area contributed by atoms with E-state index in [0.717, 1.165) is 10.4 Å². The second-order valence-corrected chi connectivity index (χ2v) is 9.23. The van der Waals surface area contributed by atoms with Crippen LogP contribution < -0.4 is 9.47 Å². The average Bonchev–Trinajstić information content (AvgIpc) is 3.61. The van der Waals surface area contributed by atoms with Gasteiger partial charge in [-0.25, -0.2) is 4.98 Å². The molecule has 0 saturated heterocycles. The highest BCUT2D eigenvalue weighted by Crippen LogP contribution is 2.31. The number of carbonyl (C=O) groups is 2. The number of hydrogen-bond acceptors (Lipinski definition) is 9. The number of nitrogens with zero attached hydrogens (tertiary/aromatic N) is 3. The van der Waals surface area contributed by atoms with Crippen molar-refractivity contribution in [1.29, 1.82) is 0 Å². The third-order valence-electron chi connectivity index (χ3n) is 4.88. The highest BCUT2D eigenvalue weighted by molar-refractivity contribution is 7.21. The molecule has 0 amide bonds. The number of rotatable bonds is 7. The van der Waals surface area contributed by atoms with Crippen molar-refractivity contribution in [1.82, 2.24) is 15.0 Å². The Morgan fingerprint density at radius 2 is 1.44 bits per heavy atom. The summed E-state index contributed by atoms with van der Waals surface area (Å²) in [5, 5.41) is 2.05. The van der Waals surface area contributed by atoms with E-state index in [9.17, 15) is 9.59 Å². The van der Waals surface area contributed by atoms with E-state index in [1.165, 1.54) is 16.0 Å². The van der Waals surface area contributed by atoms with Gasteiger partial charge in [-0.05, 0) is 41.8 Å². The number of aromatic nitrogens is 3. The minimum Gasteiger partial charge on any atom is -0.429 e. The van der Waals surface area contributed by atoms with Crippen LogP contribution in [-0.4, -0.2) is 27.9 Å². The van der Waals surface area contributed by atoms with Crippen LogP contribution in [0.4, 0.5) is 0 Å². The molecule has 0 N–H and O–H groups in total. The zero-order valence-corrected chi connectivity index (χ0v) is 20.1. The fraction of sp³-hybridized carbons (Fsp3) is 0. The summed E-state index contributed by atoms with van der Waals surface area (Å²) < 4.78 is 9.99. The Kier molecular flexibility index (Phi) is 6.89. The van der Waals surface area contributed by atoms with Crippen LogP contribution in [0.15, 0.2) is 78.4 Å². The lowest BCUT2D eigenvalue weighted by Gasteiger charge is -2.08. The molecule has 0 aromatic carbocycles. The van der Waals surface area contributed by atoms with Crippen LogP contribution in [0, 0.1) is 11.8 Å². The number of thiophene rings is 2. The Labute approximate surface area is 214 Å². The first kappa shape index (κ1) is 23.1. The zero-order valence-electron chi connectivity index (χ0n) is 18.5. The molecule has 5 aromatic rings. The van der Waals surface area contributed by atoms with Crippen molar-refractivity contribution in [2.75, 3.05) is 0 Å². The SMILES string of the molecule is O=COc1ccnc(-c2cc(OC=O)cc(-c3cc(C#Cc4ccc(-c5cccs5)s4)ccn3)n2)c1. The zero-order chi connectivity index (χ0) is 24.7. The van der Waals surface area contributed by atoms with Gasteiger partial charge in [0.15, 0.2) is 0 Å². The van der Waals surface area contributed by atoms with E-state index in [1.807, 2.05) is 24.3 Å². The van der Waals surface area contributed by atoms with Crippen molar-refractivity contribution in [3.05, 3.63) is 88.9 Å². The van der Waals surface area contributed by atoms with E-state index >= 15 is 0 Å². The van der Waals surface area contributed by atoms with Gasteiger partial charge in [0.25, 0.3) is 12.9 Å². The van der Waals surface area contributed by atoms with Crippen LogP contribution in [0.5, 0.6) is 11.5 Å². The van der Waals surface area contributed by atoms with Crippen molar-refractivity contribution in [3.8, 4) is 55.9 Å². The average molecular weight is 510 g/mol. The van der Waals surface area contributed by atoms with Gasteiger partial charge in [0.05, 0.1) is 27.7 Å². The molecule has 0 fully saturated rings. The Hall–Kier alpha value is -4.65. The lowest BCUT2D eigenvalue weighted by atomic mass is 10.1. The molecule has 0 atom stereocenters. The summed E-state index contributed by atoms with van der Waals surface area (Å²) in [7, 11) is 0. The number of hydrogen-bond donors (Lipinski definition) is 0. The minimum absolute atomic E-state index is 0.270. The second-order valence-electron chi connectivity index (χ2n) is 7.20. The van der Waals surface area contributed by atoms with E-state index in [4.69, 9.17) is 9.47 Å². The molecule has 0 saturated carbocycles. The van der Waals surface area contributed by atoms with E-state index < -0.39 is 0 Å². The van der Waals surface area contributed by atoms with E-state index in [2.05, 4.69) is 44.3 Å². The molecule has 9 heteroatoms. The summed E-state index contributed by atoms with van der Waals surface area (Å²) in [6.45, 7) is 0.669. The predicted octanol–water partition coefficient (Wildman–Crippen LogP) is 5.47. The molecule has 174 valence electrons. The van der Waals surface area contributed by atoms with E-state index in [0.29, 0.717) is 41.5 Å². The van der Waals surface area contributed by atoms with Crippen LogP contribution in [-0.2, 0) is 9.59 Å². The molecule has 5 aromatic heterocycles. The fourth-order valence-corrected chi connectivity index (χ4v) is 5.00. The highest BCUT2D eigenvalue weighted by atomic mass is 32.1. The first-order valence-electron chi connectivity index (χ1n) is 10.5. The van der Waals surface area contributed by atoms with Gasteiger partial charge in [-0.1, -0.05) is 17.9 Å². The largest absolute Gasteiger partial charge is 0.429 e. The second kappa shape index (κ2) is 10.7. The fourth-order valence-electron chi connectivity index (χ4n) is 3.31. The molecule has 0 aliphatic rings. The molecule has 0 aliphatic carbocycles. The van der Waals surface area contributed by atoms with Gasteiger partial charge >= 0.3 is 0 Å². The van der Waals surface area contributed by atoms with Crippen molar-refractivity contribution in [2.24, 2.45) is 0 Å². The molecular formula is C27H15N3O4S2. The number of carbonyl (C=O) groups excluding carboxylic acids is 2. The van der Waals surface area contributed by atoms with Crippen LogP contribution >= 0.6 is 22.7 Å². The van der Waals surface area contributed by atoms with Crippen LogP contribution in [0.1, 0.15) is 10.4 Å². The Balaban J connectivity index is 1.47. The van der Waals surface area contributed by atoms with E-state index in [1.54, 1.807) is 53.1 Å². The smallest absolute Gasteiger partial charge is 0.298 e. The quantitative estimate of drug-likeness (QED) is 0.212. The number of ether oxygens (including phenoxy) is 2. The lowest BCUT2D eigenvalue weighted by molar-refractivity contribution is -0.121. The Morgan fingerprint density at radius 1 is 0.722 bits per heavy atom. The monoisotopic (exact) mass is 509 g/mol. The molecule has 5 rings (SSSR count). The maximum absolute atomic E-state index is 11.0. The molecule has 0 radical (unpaired) electrons. The van der Waals surface area contributed by atoms with Gasteiger partial charge < -0.3 is 9.47 Å². The summed E-state index contributed by atoms with van der Waals surface area (Å²) in [5.41, 5.74) is 2.62. The Bertz CT molecular complexity index is 1600. The molecule has 0 aliphatic heterocycles. The van der Waals surface area contributed by atoms with Crippen LogP contribution in [0.3, 0.4) is 0 Å². The standard InChI is InChI=1S/C27H15N3O4S2/c31-16-33-19-8-10-29-23(13-19)25-15-20(34-17-32)14-24(30-25)22-12-18(7-9-28-22)3-4-21-5-6-27(36-21)26-2-1-11-35-26/h1-2,5-17H. The molecule has 5 heterocycles. The van der Waals surface area contributed by atoms with Gasteiger partial charge in [-0.3, -0.25) is 19.6 Å². The predicted molar refractivity (Wildman–Crippen MR) is 138 cm³/mol. The molecule has 0 bridgehead atoms. The topological polar surface area (TPSA) is 91.3 Å². The molecule has 0 spiro atoms. The Morgan fingerprint density at radius 3 is 2.19 bits per heavy atom. The maximum atomic E-state index is 11.0. The first-order valence-corrected chi connectivity index (χ1v) is 12.2. The van der Waals surface area contributed by atoms with Gasteiger partial charge in [0.2, 0.25) is 0 Å². The molecule has 7 nitrogen and oxygen atoms in total. The third-order valence-corrected chi connectivity index (χ3v) is 6.95. The van der Waals surface area contributed by atoms with Crippen molar-refractivity contribution >= 4 is 35.6 Å². The lowest BCUT2D eigenvalue weighted by Crippen LogP contribution is -1.97. The summed E-state index contributed by atoms with van der Waals surface area (Å²) in [6.07, 6.45) is 3.14. The summed E-state index contributed by atoms with van der Waals surface area (Å²) in [5.74, 6) is 6.98. The van der Waals surface area contributed by atoms with Crippen molar-refractivity contribution < 1.29 is 19.1 Å². The molecule has 36 heavy (non-hydrogen) atoms.